The zero-order valence-electron chi connectivity index (χ0n) is 19.9. The van der Waals surface area contributed by atoms with Gasteiger partial charge in [0.25, 0.3) is 10.2 Å². The number of likely N-dealkylation sites (tertiary alicyclic amines) is 1. The van der Waals surface area contributed by atoms with Crippen LogP contribution >= 0.6 is 0 Å². The van der Waals surface area contributed by atoms with E-state index in [1.165, 1.54) is 13.5 Å². The number of alkyl halides is 3. The molecule has 2 atom stereocenters. The monoisotopic (exact) mass is 545 g/mol. The van der Waals surface area contributed by atoms with Crippen LogP contribution in [-0.4, -0.2) is 72.5 Å². The maximum atomic E-state index is 14.0. The Hall–Kier alpha value is -2.76. The third-order valence-corrected chi connectivity index (χ3v) is 9.02. The number of amides is 2. The lowest BCUT2D eigenvalue weighted by molar-refractivity contribution is -0.142. The van der Waals surface area contributed by atoms with Crippen molar-refractivity contribution in [1.29, 1.82) is 5.26 Å². The van der Waals surface area contributed by atoms with Crippen molar-refractivity contribution in [2.24, 2.45) is 11.8 Å². The molecule has 0 unspecified atom stereocenters. The minimum atomic E-state index is -4.66. The molecular formula is C23H27F4N5O4S. The van der Waals surface area contributed by atoms with Crippen LogP contribution in [-0.2, 0) is 32.5 Å². The average molecular weight is 546 g/mol. The number of carbonyl (C=O) groups is 2. The maximum Gasteiger partial charge on any atom is 0.416 e. The molecule has 3 saturated heterocycles. The van der Waals surface area contributed by atoms with Crippen LogP contribution in [0.1, 0.15) is 36.8 Å². The molecule has 1 aromatic rings. The molecule has 0 saturated carbocycles. The molecule has 4 rings (SSSR count). The SMILES string of the molecule is N#CC1CN(S(=O)(=O)N2CCC[C@H](C(=O)N3CCC[C@@H]3C(=O)NCc3cc(C(F)(F)F)ccc3F)C2)C1. The first-order valence-electron chi connectivity index (χ1n) is 12.0. The summed E-state index contributed by atoms with van der Waals surface area (Å²) in [6.07, 6.45) is -2.88. The summed E-state index contributed by atoms with van der Waals surface area (Å²) >= 11 is 0. The van der Waals surface area contributed by atoms with E-state index in [4.69, 9.17) is 5.26 Å². The van der Waals surface area contributed by atoms with Gasteiger partial charge >= 0.3 is 6.18 Å². The lowest BCUT2D eigenvalue weighted by atomic mass is 9.97. The van der Waals surface area contributed by atoms with Gasteiger partial charge in [-0.05, 0) is 43.9 Å². The minimum Gasteiger partial charge on any atom is -0.350 e. The number of nitrogens with one attached hydrogen (secondary N) is 1. The van der Waals surface area contributed by atoms with Gasteiger partial charge in [-0.1, -0.05) is 0 Å². The van der Waals surface area contributed by atoms with E-state index in [9.17, 15) is 35.6 Å². The number of hydrogen-bond donors (Lipinski definition) is 1. The molecule has 2 amide bonds. The fraction of sp³-hybridized carbons (Fsp3) is 0.609. The molecule has 0 aliphatic carbocycles. The number of benzene rings is 1. The second-order valence-corrected chi connectivity index (χ2v) is 11.5. The van der Waals surface area contributed by atoms with Crippen molar-refractivity contribution in [3.05, 3.63) is 35.1 Å². The highest BCUT2D eigenvalue weighted by molar-refractivity contribution is 7.86. The Morgan fingerprint density at radius 3 is 2.46 bits per heavy atom. The van der Waals surface area contributed by atoms with Gasteiger partial charge in [0.2, 0.25) is 11.8 Å². The van der Waals surface area contributed by atoms with E-state index < -0.39 is 52.2 Å². The van der Waals surface area contributed by atoms with Crippen molar-refractivity contribution in [2.75, 3.05) is 32.7 Å². The average Bonchev–Trinajstić information content (AvgIpc) is 3.31. The molecule has 0 spiro atoms. The van der Waals surface area contributed by atoms with E-state index in [1.54, 1.807) is 0 Å². The van der Waals surface area contributed by atoms with E-state index in [1.807, 2.05) is 6.07 Å². The molecule has 0 bridgehead atoms. The summed E-state index contributed by atoms with van der Waals surface area (Å²) in [5, 5.41) is 11.4. The number of carbonyl (C=O) groups excluding carboxylic acids is 2. The lowest BCUT2D eigenvalue weighted by Gasteiger charge is -2.41. The Labute approximate surface area is 212 Å². The fourth-order valence-corrected chi connectivity index (χ4v) is 6.74. The van der Waals surface area contributed by atoms with Crippen LogP contribution in [0.2, 0.25) is 0 Å². The van der Waals surface area contributed by atoms with Gasteiger partial charge in [0.1, 0.15) is 11.9 Å². The standard InChI is InChI=1S/C23H27F4N5O4S/c24-19-6-5-18(23(25,26)27)9-17(19)11-29-21(33)20-4-2-8-32(20)22(34)16-3-1-7-30(14-16)37(35,36)31-12-15(10-28)13-31/h5-6,9,15-16,20H,1-4,7-8,11-14H2,(H,29,33)/t16-,20+/m0/s1. The minimum absolute atomic E-state index is 0.0326. The van der Waals surface area contributed by atoms with Gasteiger partial charge in [-0.2, -0.15) is 35.5 Å². The van der Waals surface area contributed by atoms with Crippen molar-refractivity contribution < 1.29 is 35.6 Å². The van der Waals surface area contributed by atoms with Crippen LogP contribution in [0.5, 0.6) is 0 Å². The first kappa shape index (κ1) is 27.3. The van der Waals surface area contributed by atoms with Crippen LogP contribution in [0.15, 0.2) is 18.2 Å². The maximum absolute atomic E-state index is 14.0. The lowest BCUT2D eigenvalue weighted by Crippen LogP contribution is -2.57. The van der Waals surface area contributed by atoms with Gasteiger partial charge in [-0.15, -0.1) is 0 Å². The molecular weight excluding hydrogens is 518 g/mol. The molecule has 14 heteroatoms. The normalized spacial score (nSPS) is 23.9. The molecule has 9 nitrogen and oxygen atoms in total. The van der Waals surface area contributed by atoms with Crippen LogP contribution in [0, 0.1) is 29.0 Å². The van der Waals surface area contributed by atoms with Gasteiger partial charge in [-0.3, -0.25) is 9.59 Å². The van der Waals surface area contributed by atoms with E-state index in [0.29, 0.717) is 43.9 Å². The number of nitrogens with zero attached hydrogens (tertiary/aromatic N) is 4. The summed E-state index contributed by atoms with van der Waals surface area (Å²) in [5.74, 6) is -2.84. The molecule has 3 heterocycles. The summed E-state index contributed by atoms with van der Waals surface area (Å²) < 4.78 is 81.1. The first-order chi connectivity index (χ1) is 17.4. The summed E-state index contributed by atoms with van der Waals surface area (Å²) in [6.45, 7) is 0.279. The zero-order valence-corrected chi connectivity index (χ0v) is 20.7. The third kappa shape index (κ3) is 5.73. The summed E-state index contributed by atoms with van der Waals surface area (Å²) in [7, 11) is -3.80. The molecule has 0 radical (unpaired) electrons. The van der Waals surface area contributed by atoms with E-state index in [2.05, 4.69) is 5.32 Å². The largest absolute Gasteiger partial charge is 0.416 e. The molecule has 3 fully saturated rings. The summed E-state index contributed by atoms with van der Waals surface area (Å²) in [6, 6.07) is 3.10. The van der Waals surface area contributed by atoms with Crippen molar-refractivity contribution in [1.82, 2.24) is 18.8 Å². The number of rotatable bonds is 6. The van der Waals surface area contributed by atoms with E-state index in [0.717, 1.165) is 0 Å². The molecule has 1 N–H and O–H groups in total. The Bertz CT molecular complexity index is 1200. The number of halogens is 4. The molecule has 3 aliphatic heterocycles. The third-order valence-electron chi connectivity index (χ3n) is 7.08. The predicted octanol–water partition coefficient (Wildman–Crippen LogP) is 1.86. The van der Waals surface area contributed by atoms with E-state index in [-0.39, 0.29) is 50.1 Å². The van der Waals surface area contributed by atoms with Gasteiger partial charge in [0, 0.05) is 44.8 Å². The number of nitriles is 1. The van der Waals surface area contributed by atoms with Crippen molar-refractivity contribution in [3.63, 3.8) is 0 Å². The Kier molecular flexibility index (Phi) is 7.77. The van der Waals surface area contributed by atoms with Crippen LogP contribution in [0.25, 0.3) is 0 Å². The molecule has 37 heavy (non-hydrogen) atoms. The molecule has 202 valence electrons. The summed E-state index contributed by atoms with van der Waals surface area (Å²) in [5.41, 5.74) is -1.36. The van der Waals surface area contributed by atoms with Crippen LogP contribution in [0.3, 0.4) is 0 Å². The quantitative estimate of drug-likeness (QED) is 0.549. The molecule has 3 aliphatic rings. The fourth-order valence-electron chi connectivity index (χ4n) is 4.95. The van der Waals surface area contributed by atoms with Crippen molar-refractivity contribution in [3.8, 4) is 6.07 Å². The van der Waals surface area contributed by atoms with Gasteiger partial charge in [0.15, 0.2) is 0 Å². The smallest absolute Gasteiger partial charge is 0.350 e. The second kappa shape index (κ2) is 10.5. The number of hydrogen-bond acceptors (Lipinski definition) is 5. The molecule has 0 aromatic heterocycles. The van der Waals surface area contributed by atoms with Gasteiger partial charge in [0.05, 0.1) is 23.5 Å². The first-order valence-corrected chi connectivity index (χ1v) is 13.4. The van der Waals surface area contributed by atoms with Crippen molar-refractivity contribution >= 4 is 22.0 Å². The van der Waals surface area contributed by atoms with Crippen molar-refractivity contribution in [2.45, 2.75) is 44.4 Å². The van der Waals surface area contributed by atoms with Crippen LogP contribution in [0.4, 0.5) is 17.6 Å². The highest BCUT2D eigenvalue weighted by atomic mass is 32.2. The topological polar surface area (TPSA) is 114 Å². The predicted molar refractivity (Wildman–Crippen MR) is 122 cm³/mol. The highest BCUT2D eigenvalue weighted by Crippen LogP contribution is 2.31. The Morgan fingerprint density at radius 2 is 1.78 bits per heavy atom. The summed E-state index contributed by atoms with van der Waals surface area (Å²) in [4.78, 5) is 27.5. The highest BCUT2D eigenvalue weighted by Gasteiger charge is 2.44. The number of piperidine rings is 1. The Morgan fingerprint density at radius 1 is 1.08 bits per heavy atom. The zero-order chi connectivity index (χ0) is 27.0. The Balaban J connectivity index is 1.38. The van der Waals surface area contributed by atoms with Crippen LogP contribution < -0.4 is 5.32 Å². The van der Waals surface area contributed by atoms with Gasteiger partial charge in [-0.25, -0.2) is 4.39 Å². The second-order valence-electron chi connectivity index (χ2n) is 9.56. The molecule has 1 aromatic carbocycles. The van der Waals surface area contributed by atoms with E-state index >= 15 is 0 Å². The van der Waals surface area contributed by atoms with Gasteiger partial charge < -0.3 is 10.2 Å².